The fourth-order valence-electron chi connectivity index (χ4n) is 3.23. The van der Waals surface area contributed by atoms with Crippen LogP contribution in [0.2, 0.25) is 0 Å². The molecule has 0 aliphatic heterocycles. The molecule has 0 heterocycles. The molecule has 0 aliphatic rings. The van der Waals surface area contributed by atoms with Crippen molar-refractivity contribution in [1.82, 2.24) is 26.6 Å². The molecule has 0 rings (SSSR count). The molecule has 42 heavy (non-hydrogen) atoms. The Bertz CT molecular complexity index is 978. The van der Waals surface area contributed by atoms with E-state index in [2.05, 4.69) is 30.7 Å². The van der Waals surface area contributed by atoms with E-state index in [4.69, 9.17) is 5.73 Å². The standard InChI is InChI=1S/C24H39F3N6O9/c1-12(28)18(35)33-16(22(39)42-5)9-10-17(34)32-15(8-6-7-11-29-23(40)24(25,26)27)20(37)30-13(2)19(36)31-14(3)21(38)41-4/h12-16H,6-11,28H2,1-5H3,(H,29,40)(H,30,37)(H,31,36)(H,32,34)(H,33,35)/t12-,13+,14+,15-,16+/m0/s1. The number of esters is 2. The molecule has 5 amide bonds. The Morgan fingerprint density at radius 1 is 0.714 bits per heavy atom. The Kier molecular flexibility index (Phi) is 16.7. The summed E-state index contributed by atoms with van der Waals surface area (Å²) in [6.07, 6.45) is -5.65. The summed E-state index contributed by atoms with van der Waals surface area (Å²) in [6.45, 7) is 3.69. The lowest BCUT2D eigenvalue weighted by atomic mass is 10.1. The number of nitrogens with one attached hydrogen (secondary N) is 5. The summed E-state index contributed by atoms with van der Waals surface area (Å²) in [6, 6.07) is -5.64. The number of unbranched alkanes of at least 4 members (excludes halogenated alkanes) is 1. The van der Waals surface area contributed by atoms with Gasteiger partial charge in [-0.15, -0.1) is 0 Å². The summed E-state index contributed by atoms with van der Waals surface area (Å²) in [4.78, 5) is 84.3. The monoisotopic (exact) mass is 612 g/mol. The number of hydrogen-bond acceptors (Lipinski definition) is 10. The first-order valence-electron chi connectivity index (χ1n) is 12.9. The summed E-state index contributed by atoms with van der Waals surface area (Å²) >= 11 is 0. The predicted octanol–water partition coefficient (Wildman–Crippen LogP) is -1.71. The first kappa shape index (κ1) is 38.0. The minimum atomic E-state index is -5.05. The number of ether oxygens (including phenoxy) is 2. The van der Waals surface area contributed by atoms with Crippen LogP contribution in [0.4, 0.5) is 13.2 Å². The highest BCUT2D eigenvalue weighted by Crippen LogP contribution is 2.14. The number of carbonyl (C=O) groups is 7. The summed E-state index contributed by atoms with van der Waals surface area (Å²) in [5.74, 6) is -6.67. The summed E-state index contributed by atoms with van der Waals surface area (Å²) in [5, 5.41) is 11.2. The number of methoxy groups -OCH3 is 2. The zero-order chi connectivity index (χ0) is 32.6. The van der Waals surface area contributed by atoms with Crippen molar-refractivity contribution in [2.24, 2.45) is 5.73 Å². The molecule has 0 spiro atoms. The maximum absolute atomic E-state index is 12.9. The molecule has 5 atom stereocenters. The van der Waals surface area contributed by atoms with Crippen LogP contribution in [-0.4, -0.2) is 98.6 Å². The van der Waals surface area contributed by atoms with Gasteiger partial charge in [0, 0.05) is 13.0 Å². The second-order valence-corrected chi connectivity index (χ2v) is 9.26. The van der Waals surface area contributed by atoms with Crippen molar-refractivity contribution < 1.29 is 56.2 Å². The highest BCUT2D eigenvalue weighted by molar-refractivity contribution is 5.93. The molecule has 240 valence electrons. The van der Waals surface area contributed by atoms with E-state index in [1.165, 1.54) is 20.8 Å². The van der Waals surface area contributed by atoms with Gasteiger partial charge < -0.3 is 41.8 Å². The molecule has 18 heteroatoms. The van der Waals surface area contributed by atoms with Gasteiger partial charge in [0.2, 0.25) is 23.6 Å². The third-order valence-corrected chi connectivity index (χ3v) is 5.66. The van der Waals surface area contributed by atoms with Crippen molar-refractivity contribution in [1.29, 1.82) is 0 Å². The van der Waals surface area contributed by atoms with Crippen LogP contribution in [0, 0.1) is 0 Å². The number of nitrogens with two attached hydrogens (primary N) is 1. The lowest BCUT2D eigenvalue weighted by Gasteiger charge is -2.23. The normalized spacial score (nSPS) is 14.6. The molecule has 0 fully saturated rings. The minimum Gasteiger partial charge on any atom is -0.467 e. The Morgan fingerprint density at radius 2 is 1.29 bits per heavy atom. The zero-order valence-electron chi connectivity index (χ0n) is 24.0. The zero-order valence-corrected chi connectivity index (χ0v) is 24.0. The third-order valence-electron chi connectivity index (χ3n) is 5.66. The van der Waals surface area contributed by atoms with Crippen LogP contribution >= 0.6 is 0 Å². The molecule has 15 nitrogen and oxygen atoms in total. The van der Waals surface area contributed by atoms with E-state index in [1.807, 2.05) is 0 Å². The van der Waals surface area contributed by atoms with Crippen molar-refractivity contribution in [3.8, 4) is 0 Å². The number of alkyl halides is 3. The van der Waals surface area contributed by atoms with Gasteiger partial charge in [-0.25, -0.2) is 9.59 Å². The second-order valence-electron chi connectivity index (χ2n) is 9.26. The smallest absolute Gasteiger partial charge is 0.467 e. The number of carbonyl (C=O) groups excluding carboxylic acids is 7. The molecular weight excluding hydrogens is 573 g/mol. The van der Waals surface area contributed by atoms with E-state index in [9.17, 15) is 46.7 Å². The number of rotatable bonds is 17. The van der Waals surface area contributed by atoms with E-state index < -0.39 is 77.9 Å². The molecule has 0 aromatic rings. The van der Waals surface area contributed by atoms with Gasteiger partial charge in [0.15, 0.2) is 0 Å². The summed E-state index contributed by atoms with van der Waals surface area (Å²) in [7, 11) is 2.20. The predicted molar refractivity (Wildman–Crippen MR) is 139 cm³/mol. The van der Waals surface area contributed by atoms with Gasteiger partial charge in [0.1, 0.15) is 24.2 Å². The highest BCUT2D eigenvalue weighted by atomic mass is 19.4. The molecule has 0 aliphatic carbocycles. The first-order valence-corrected chi connectivity index (χ1v) is 12.9. The maximum atomic E-state index is 12.9. The number of halogens is 3. The maximum Gasteiger partial charge on any atom is 0.471 e. The van der Waals surface area contributed by atoms with Crippen LogP contribution < -0.4 is 32.3 Å². The lowest BCUT2D eigenvalue weighted by Crippen LogP contribution is -2.54. The van der Waals surface area contributed by atoms with Gasteiger partial charge in [-0.3, -0.25) is 24.0 Å². The van der Waals surface area contributed by atoms with Crippen LogP contribution in [0.5, 0.6) is 0 Å². The van der Waals surface area contributed by atoms with Crippen LogP contribution in [0.15, 0.2) is 0 Å². The van der Waals surface area contributed by atoms with Crippen LogP contribution in [0.25, 0.3) is 0 Å². The molecule has 0 unspecified atom stereocenters. The van der Waals surface area contributed by atoms with Crippen molar-refractivity contribution in [3.63, 3.8) is 0 Å². The molecule has 0 bridgehead atoms. The van der Waals surface area contributed by atoms with Crippen molar-refractivity contribution in [2.75, 3.05) is 20.8 Å². The van der Waals surface area contributed by atoms with E-state index >= 15 is 0 Å². The van der Waals surface area contributed by atoms with Gasteiger partial charge in [0.05, 0.1) is 20.3 Å². The van der Waals surface area contributed by atoms with E-state index in [0.717, 1.165) is 14.2 Å². The quantitative estimate of drug-likeness (QED) is 0.0805. The fourth-order valence-corrected chi connectivity index (χ4v) is 3.23. The Balaban J connectivity index is 5.37. The summed E-state index contributed by atoms with van der Waals surface area (Å²) in [5.41, 5.74) is 5.48. The molecular formula is C24H39F3N6O9. The molecule has 0 radical (unpaired) electrons. The van der Waals surface area contributed by atoms with Crippen LogP contribution in [0.1, 0.15) is 52.9 Å². The summed E-state index contributed by atoms with van der Waals surface area (Å²) < 4.78 is 46.2. The Morgan fingerprint density at radius 3 is 1.81 bits per heavy atom. The van der Waals surface area contributed by atoms with Crippen molar-refractivity contribution in [3.05, 3.63) is 0 Å². The van der Waals surface area contributed by atoms with Gasteiger partial charge in [-0.1, -0.05) is 0 Å². The molecule has 7 N–H and O–H groups in total. The molecule has 0 aromatic carbocycles. The van der Waals surface area contributed by atoms with Gasteiger partial charge in [-0.05, 0) is 46.5 Å². The average Bonchev–Trinajstić information content (AvgIpc) is 2.92. The second kappa shape index (κ2) is 18.5. The third kappa shape index (κ3) is 14.6. The molecule has 0 saturated carbocycles. The largest absolute Gasteiger partial charge is 0.471 e. The number of amides is 5. The Hall–Kier alpha value is -3.96. The molecule has 0 aromatic heterocycles. The Labute approximate surface area is 240 Å². The van der Waals surface area contributed by atoms with E-state index in [1.54, 1.807) is 5.32 Å². The van der Waals surface area contributed by atoms with E-state index in [-0.39, 0.29) is 38.6 Å². The SMILES string of the molecule is COC(=O)[C@@H](C)NC(=O)[C@@H](C)NC(=O)[C@H](CCCCNC(=O)C(F)(F)F)NC(=O)CC[C@@H](NC(=O)[C@H](C)N)C(=O)OC. The van der Waals surface area contributed by atoms with Gasteiger partial charge in [0.25, 0.3) is 0 Å². The van der Waals surface area contributed by atoms with Crippen LogP contribution in [-0.2, 0) is 43.0 Å². The average molecular weight is 613 g/mol. The molecule has 0 saturated heterocycles. The van der Waals surface area contributed by atoms with Crippen molar-refractivity contribution >= 4 is 41.5 Å². The van der Waals surface area contributed by atoms with Crippen molar-refractivity contribution in [2.45, 2.75) is 89.3 Å². The lowest BCUT2D eigenvalue weighted by molar-refractivity contribution is -0.173. The fraction of sp³-hybridized carbons (Fsp3) is 0.708. The van der Waals surface area contributed by atoms with Crippen LogP contribution in [0.3, 0.4) is 0 Å². The van der Waals surface area contributed by atoms with Gasteiger partial charge >= 0.3 is 24.0 Å². The number of hydrogen-bond donors (Lipinski definition) is 6. The first-order chi connectivity index (χ1) is 19.4. The topological polar surface area (TPSA) is 224 Å². The van der Waals surface area contributed by atoms with E-state index in [0.29, 0.717) is 0 Å². The van der Waals surface area contributed by atoms with Gasteiger partial charge in [-0.2, -0.15) is 13.2 Å². The highest BCUT2D eigenvalue weighted by Gasteiger charge is 2.38. The minimum absolute atomic E-state index is 0.0157.